The normalized spacial score (nSPS) is 13.9. The summed E-state index contributed by atoms with van der Waals surface area (Å²) in [7, 11) is 0. The van der Waals surface area contributed by atoms with Gasteiger partial charge < -0.3 is 19.4 Å². The average molecular weight is 564 g/mol. The van der Waals surface area contributed by atoms with Crippen LogP contribution in [0.15, 0.2) is 77.2 Å². The average Bonchev–Trinajstić information content (AvgIpc) is 3.58. The molecule has 1 aliphatic rings. The lowest BCUT2D eigenvalue weighted by molar-refractivity contribution is 0.121. The Balaban J connectivity index is 1.29. The number of hydrogen-bond donors (Lipinski definition) is 2. The summed E-state index contributed by atoms with van der Waals surface area (Å²) in [6, 6.07) is 23.8. The quantitative estimate of drug-likeness (QED) is 0.229. The van der Waals surface area contributed by atoms with Crippen molar-refractivity contribution >= 4 is 34.2 Å². The van der Waals surface area contributed by atoms with Gasteiger partial charge in [-0.25, -0.2) is 9.48 Å². The molecule has 8 nitrogen and oxygen atoms in total. The molecule has 0 aliphatic carbocycles. The molecule has 2 amide bonds. The zero-order chi connectivity index (χ0) is 29.4. The smallest absolute Gasteiger partial charge is 0.324 e. The number of aromatic nitrogens is 2. The molecule has 1 aliphatic heterocycles. The van der Waals surface area contributed by atoms with E-state index in [4.69, 9.17) is 14.3 Å². The lowest BCUT2D eigenvalue weighted by Crippen LogP contribution is -2.35. The van der Waals surface area contributed by atoms with Gasteiger partial charge in [-0.3, -0.25) is 5.32 Å². The third kappa shape index (κ3) is 5.50. The van der Waals surface area contributed by atoms with Crippen molar-refractivity contribution in [2.24, 2.45) is 0 Å². The standard InChI is InChI=1S/C34H37N5O3/c1-22-10-12-24(13-11-22)39-30(21-29(37-39)34(3,4)5)36-33(40)35-28-15-14-27(25-8-6-7-9-26(25)28)32-23(2)20-31(42-32)38-16-18-41-19-17-38/h6-15,20-21H,16-19H2,1-5H3,(H2,35,36,40). The fraction of sp³-hybridized carbons (Fsp3) is 0.294. The van der Waals surface area contributed by atoms with Gasteiger partial charge in [0.15, 0.2) is 5.88 Å². The minimum absolute atomic E-state index is 0.180. The molecule has 8 heteroatoms. The number of ether oxygens (including phenoxy) is 1. The number of benzene rings is 3. The van der Waals surface area contributed by atoms with Gasteiger partial charge in [-0.05, 0) is 49.1 Å². The molecule has 216 valence electrons. The zero-order valence-corrected chi connectivity index (χ0v) is 24.8. The second-order valence-corrected chi connectivity index (χ2v) is 11.9. The maximum atomic E-state index is 13.4. The van der Waals surface area contributed by atoms with E-state index in [0.717, 1.165) is 63.6 Å². The molecule has 0 unspecified atom stereocenters. The van der Waals surface area contributed by atoms with Gasteiger partial charge in [0.05, 0.1) is 30.3 Å². The van der Waals surface area contributed by atoms with Crippen LogP contribution in [0.4, 0.5) is 22.2 Å². The number of anilines is 3. The second kappa shape index (κ2) is 11.0. The molecule has 2 N–H and O–H groups in total. The van der Waals surface area contributed by atoms with E-state index in [1.807, 2.05) is 67.6 Å². The van der Waals surface area contributed by atoms with Crippen molar-refractivity contribution in [2.45, 2.75) is 40.0 Å². The molecule has 5 aromatic rings. The lowest BCUT2D eigenvalue weighted by atomic mass is 9.92. The molecule has 0 atom stereocenters. The highest BCUT2D eigenvalue weighted by atomic mass is 16.5. The van der Waals surface area contributed by atoms with Crippen LogP contribution in [0.25, 0.3) is 27.8 Å². The Morgan fingerprint density at radius 2 is 1.60 bits per heavy atom. The number of furan rings is 1. The number of carbonyl (C=O) groups excluding carboxylic acids is 1. The van der Waals surface area contributed by atoms with E-state index in [9.17, 15) is 4.79 Å². The van der Waals surface area contributed by atoms with Gasteiger partial charge in [0.1, 0.15) is 11.6 Å². The van der Waals surface area contributed by atoms with E-state index in [-0.39, 0.29) is 11.4 Å². The van der Waals surface area contributed by atoms with Crippen molar-refractivity contribution in [3.8, 4) is 17.0 Å². The summed E-state index contributed by atoms with van der Waals surface area (Å²) >= 11 is 0. The van der Waals surface area contributed by atoms with Crippen LogP contribution in [0.5, 0.6) is 0 Å². The van der Waals surface area contributed by atoms with Crippen LogP contribution in [0.2, 0.25) is 0 Å². The van der Waals surface area contributed by atoms with E-state index in [1.54, 1.807) is 4.68 Å². The third-order valence-corrected chi connectivity index (χ3v) is 7.64. The van der Waals surface area contributed by atoms with Crippen LogP contribution in [0.3, 0.4) is 0 Å². The molecular weight excluding hydrogens is 526 g/mol. The van der Waals surface area contributed by atoms with E-state index in [2.05, 4.69) is 55.4 Å². The number of amides is 2. The molecule has 0 spiro atoms. The SMILES string of the molecule is Cc1ccc(-n2nc(C(C)(C)C)cc2NC(=O)Nc2ccc(-c3oc(N4CCOCC4)cc3C)c3ccccc23)cc1. The highest BCUT2D eigenvalue weighted by molar-refractivity contribution is 6.09. The predicted molar refractivity (Wildman–Crippen MR) is 169 cm³/mol. The van der Waals surface area contributed by atoms with Gasteiger partial charge >= 0.3 is 6.03 Å². The van der Waals surface area contributed by atoms with Gasteiger partial charge in [-0.2, -0.15) is 5.10 Å². The number of rotatable bonds is 5. The van der Waals surface area contributed by atoms with E-state index in [0.29, 0.717) is 24.7 Å². The molecule has 0 radical (unpaired) electrons. The fourth-order valence-electron chi connectivity index (χ4n) is 5.27. The first-order valence-electron chi connectivity index (χ1n) is 14.4. The van der Waals surface area contributed by atoms with Crippen LogP contribution in [-0.2, 0) is 10.2 Å². The number of fused-ring (bicyclic) bond motifs is 1. The summed E-state index contributed by atoms with van der Waals surface area (Å²) in [6.45, 7) is 13.5. The lowest BCUT2D eigenvalue weighted by Gasteiger charge is -2.26. The minimum Gasteiger partial charge on any atom is -0.440 e. The maximum absolute atomic E-state index is 13.4. The summed E-state index contributed by atoms with van der Waals surface area (Å²) in [6.07, 6.45) is 0. The third-order valence-electron chi connectivity index (χ3n) is 7.64. The number of carbonyl (C=O) groups is 1. The number of morpholine rings is 1. The van der Waals surface area contributed by atoms with Crippen molar-refractivity contribution in [3.63, 3.8) is 0 Å². The Hall–Kier alpha value is -4.56. The van der Waals surface area contributed by atoms with Crippen molar-refractivity contribution in [1.29, 1.82) is 0 Å². The summed E-state index contributed by atoms with van der Waals surface area (Å²) in [4.78, 5) is 15.6. The van der Waals surface area contributed by atoms with Gasteiger partial charge in [0.25, 0.3) is 0 Å². The Bertz CT molecular complexity index is 1740. The highest BCUT2D eigenvalue weighted by Crippen LogP contribution is 2.38. The van der Waals surface area contributed by atoms with Crippen LogP contribution in [0.1, 0.15) is 37.6 Å². The van der Waals surface area contributed by atoms with Gasteiger partial charge in [0, 0.05) is 41.6 Å². The minimum atomic E-state index is -0.342. The zero-order valence-electron chi connectivity index (χ0n) is 24.8. The number of nitrogens with zero attached hydrogens (tertiary/aromatic N) is 3. The van der Waals surface area contributed by atoms with E-state index < -0.39 is 0 Å². The van der Waals surface area contributed by atoms with E-state index >= 15 is 0 Å². The monoisotopic (exact) mass is 563 g/mol. The predicted octanol–water partition coefficient (Wildman–Crippen LogP) is 7.68. The molecule has 3 aromatic carbocycles. The summed E-state index contributed by atoms with van der Waals surface area (Å²) in [5.74, 6) is 2.29. The Morgan fingerprint density at radius 3 is 2.31 bits per heavy atom. The highest BCUT2D eigenvalue weighted by Gasteiger charge is 2.23. The number of hydrogen-bond acceptors (Lipinski definition) is 5. The maximum Gasteiger partial charge on any atom is 0.324 e. The number of nitrogens with one attached hydrogen (secondary N) is 2. The second-order valence-electron chi connectivity index (χ2n) is 11.9. The van der Waals surface area contributed by atoms with Gasteiger partial charge in [-0.1, -0.05) is 62.7 Å². The van der Waals surface area contributed by atoms with Gasteiger partial charge in [0.2, 0.25) is 0 Å². The Morgan fingerprint density at radius 1 is 0.881 bits per heavy atom. The van der Waals surface area contributed by atoms with Crippen molar-refractivity contribution in [3.05, 3.63) is 89.6 Å². The molecule has 1 saturated heterocycles. The molecule has 3 heterocycles. The van der Waals surface area contributed by atoms with Crippen LogP contribution in [0, 0.1) is 13.8 Å². The topological polar surface area (TPSA) is 84.6 Å². The molecule has 42 heavy (non-hydrogen) atoms. The molecule has 6 rings (SSSR count). The van der Waals surface area contributed by atoms with Crippen LogP contribution >= 0.6 is 0 Å². The van der Waals surface area contributed by atoms with Crippen molar-refractivity contribution in [1.82, 2.24) is 9.78 Å². The molecule has 1 fully saturated rings. The Kier molecular flexibility index (Phi) is 7.24. The fourth-order valence-corrected chi connectivity index (χ4v) is 5.27. The number of aryl methyl sites for hydroxylation is 2. The number of urea groups is 1. The molecule has 2 aromatic heterocycles. The first-order valence-corrected chi connectivity index (χ1v) is 14.4. The van der Waals surface area contributed by atoms with Crippen molar-refractivity contribution < 1.29 is 13.9 Å². The Labute approximate surface area is 246 Å². The molecule has 0 saturated carbocycles. The van der Waals surface area contributed by atoms with Crippen LogP contribution < -0.4 is 15.5 Å². The van der Waals surface area contributed by atoms with Crippen LogP contribution in [-0.4, -0.2) is 42.1 Å². The largest absolute Gasteiger partial charge is 0.440 e. The first-order chi connectivity index (χ1) is 20.2. The summed E-state index contributed by atoms with van der Waals surface area (Å²) in [5, 5.41) is 12.9. The van der Waals surface area contributed by atoms with Gasteiger partial charge in [-0.15, -0.1) is 0 Å². The molecular formula is C34H37N5O3. The van der Waals surface area contributed by atoms with E-state index in [1.165, 1.54) is 0 Å². The summed E-state index contributed by atoms with van der Waals surface area (Å²) in [5.41, 5.74) is 5.51. The summed E-state index contributed by atoms with van der Waals surface area (Å²) < 4.78 is 13.7. The molecule has 0 bridgehead atoms. The first kappa shape index (κ1) is 27.6. The van der Waals surface area contributed by atoms with Crippen molar-refractivity contribution in [2.75, 3.05) is 41.8 Å².